The van der Waals surface area contributed by atoms with Crippen molar-refractivity contribution in [2.75, 3.05) is 13.2 Å². The molecule has 0 spiro atoms. The van der Waals surface area contributed by atoms with Crippen LogP contribution in [0.15, 0.2) is 0 Å². The maximum absolute atomic E-state index is 12.6. The van der Waals surface area contributed by atoms with Crippen LogP contribution in [0.2, 0.25) is 0 Å². The molecule has 0 amide bonds. The Bertz CT molecular complexity index is 490. The lowest BCUT2D eigenvalue weighted by molar-refractivity contribution is -0.166. The summed E-state index contributed by atoms with van der Waals surface area (Å²) in [5.41, 5.74) is 0. The molecule has 1 N–H and O–H groups in total. The monoisotopic (exact) mass is 412 g/mol. The first-order valence-electron chi connectivity index (χ1n) is 11.6. The van der Waals surface area contributed by atoms with Crippen molar-refractivity contribution >= 4 is 17.9 Å². The molecular weight excluding hydrogens is 372 g/mol. The third-order valence-corrected chi connectivity index (χ3v) is 5.79. The zero-order valence-electron chi connectivity index (χ0n) is 18.3. The topological polar surface area (TPSA) is 89.9 Å². The highest BCUT2D eigenvalue weighted by Gasteiger charge is 2.43. The lowest BCUT2D eigenvalue weighted by Gasteiger charge is -2.31. The van der Waals surface area contributed by atoms with E-state index in [4.69, 9.17) is 9.47 Å². The van der Waals surface area contributed by atoms with Gasteiger partial charge in [-0.3, -0.25) is 14.4 Å². The molecule has 0 aromatic carbocycles. The van der Waals surface area contributed by atoms with Gasteiger partial charge >= 0.3 is 17.9 Å². The van der Waals surface area contributed by atoms with Gasteiger partial charge in [0.2, 0.25) is 0 Å². The number of carboxylic acid groups (broad SMARTS) is 1. The Hall–Kier alpha value is -1.59. The van der Waals surface area contributed by atoms with E-state index in [0.29, 0.717) is 26.1 Å². The minimum atomic E-state index is -0.912. The number of carbonyl (C=O) groups is 3. The highest BCUT2D eigenvalue weighted by atomic mass is 16.5. The Balaban J connectivity index is 2.50. The highest BCUT2D eigenvalue weighted by molar-refractivity contribution is 5.83. The van der Waals surface area contributed by atoms with Gasteiger partial charge in [-0.25, -0.2) is 0 Å². The summed E-state index contributed by atoms with van der Waals surface area (Å²) < 4.78 is 10.8. The van der Waals surface area contributed by atoms with Crippen molar-refractivity contribution < 1.29 is 29.0 Å². The van der Waals surface area contributed by atoms with Crippen molar-refractivity contribution in [1.29, 1.82) is 0 Å². The maximum atomic E-state index is 12.6. The molecule has 1 aliphatic carbocycles. The van der Waals surface area contributed by atoms with E-state index < -0.39 is 29.7 Å². The van der Waals surface area contributed by atoms with Gasteiger partial charge in [0.1, 0.15) is 0 Å². The van der Waals surface area contributed by atoms with Gasteiger partial charge in [0.05, 0.1) is 31.0 Å². The molecule has 0 aliphatic heterocycles. The van der Waals surface area contributed by atoms with E-state index in [1.807, 2.05) is 0 Å². The van der Waals surface area contributed by atoms with Gasteiger partial charge in [0.15, 0.2) is 0 Å². The number of aliphatic carboxylic acids is 1. The minimum absolute atomic E-state index is 0.153. The fraction of sp³-hybridized carbons (Fsp3) is 0.870. The molecule has 168 valence electrons. The lowest BCUT2D eigenvalue weighted by Crippen LogP contribution is -2.39. The van der Waals surface area contributed by atoms with Crippen LogP contribution in [0.4, 0.5) is 0 Å². The van der Waals surface area contributed by atoms with Crippen LogP contribution in [-0.4, -0.2) is 36.2 Å². The number of ether oxygens (including phenoxy) is 2. The number of carboxylic acids is 1. The smallest absolute Gasteiger partial charge is 0.309 e. The van der Waals surface area contributed by atoms with E-state index >= 15 is 0 Å². The van der Waals surface area contributed by atoms with E-state index in [-0.39, 0.29) is 12.4 Å². The van der Waals surface area contributed by atoms with E-state index in [2.05, 4.69) is 13.8 Å². The molecule has 1 saturated carbocycles. The second-order valence-corrected chi connectivity index (χ2v) is 8.22. The SMILES string of the molecule is CCCCCCCOC(=O)C1CCC(C(=O)O)CC1C(=O)OCCCCCCC. The standard InChI is InChI=1S/C23H40O6/c1-3-5-7-9-11-15-28-22(26)19-14-13-18(21(24)25)17-20(19)23(27)29-16-12-10-8-6-4-2/h18-20H,3-17H2,1-2H3,(H,24,25). The summed E-state index contributed by atoms with van der Waals surface area (Å²) in [5.74, 6) is -3.65. The minimum Gasteiger partial charge on any atom is -0.481 e. The summed E-state index contributed by atoms with van der Waals surface area (Å²) in [7, 11) is 0. The average molecular weight is 413 g/mol. The van der Waals surface area contributed by atoms with Crippen molar-refractivity contribution in [3.05, 3.63) is 0 Å². The molecule has 0 saturated heterocycles. The Kier molecular flexibility index (Phi) is 13.4. The molecule has 6 nitrogen and oxygen atoms in total. The molecule has 0 aromatic heterocycles. The van der Waals surface area contributed by atoms with Crippen molar-refractivity contribution in [1.82, 2.24) is 0 Å². The summed E-state index contributed by atoms with van der Waals surface area (Å²) in [6.07, 6.45) is 11.5. The largest absolute Gasteiger partial charge is 0.481 e. The molecule has 0 bridgehead atoms. The van der Waals surface area contributed by atoms with Crippen LogP contribution in [0.3, 0.4) is 0 Å². The summed E-state index contributed by atoms with van der Waals surface area (Å²) in [4.78, 5) is 36.5. The predicted octanol–water partition coefficient (Wildman–Crippen LogP) is 5.13. The van der Waals surface area contributed by atoms with Crippen LogP contribution in [0.25, 0.3) is 0 Å². The molecule has 3 unspecified atom stereocenters. The Morgan fingerprint density at radius 1 is 0.724 bits per heavy atom. The predicted molar refractivity (Wildman–Crippen MR) is 111 cm³/mol. The van der Waals surface area contributed by atoms with Crippen LogP contribution in [0, 0.1) is 17.8 Å². The summed E-state index contributed by atoms with van der Waals surface area (Å²) in [6, 6.07) is 0. The number of esters is 2. The second-order valence-electron chi connectivity index (χ2n) is 8.22. The van der Waals surface area contributed by atoms with Crippen LogP contribution >= 0.6 is 0 Å². The molecule has 1 fully saturated rings. The van der Waals surface area contributed by atoms with Gasteiger partial charge in [-0.15, -0.1) is 0 Å². The Morgan fingerprint density at radius 2 is 1.21 bits per heavy atom. The first-order chi connectivity index (χ1) is 14.0. The molecule has 0 heterocycles. The van der Waals surface area contributed by atoms with Crippen molar-refractivity contribution in [3.8, 4) is 0 Å². The molecule has 1 aliphatic rings. The van der Waals surface area contributed by atoms with Gasteiger partial charge in [-0.2, -0.15) is 0 Å². The van der Waals surface area contributed by atoms with Crippen molar-refractivity contribution in [2.45, 2.75) is 97.3 Å². The number of carbonyl (C=O) groups excluding carboxylic acids is 2. The number of hydrogen-bond acceptors (Lipinski definition) is 5. The molecule has 0 radical (unpaired) electrons. The maximum Gasteiger partial charge on any atom is 0.309 e. The number of unbranched alkanes of at least 4 members (excludes halogenated alkanes) is 8. The first kappa shape index (κ1) is 25.4. The summed E-state index contributed by atoms with van der Waals surface area (Å²) in [6.45, 7) is 4.99. The van der Waals surface area contributed by atoms with Crippen LogP contribution in [-0.2, 0) is 23.9 Å². The fourth-order valence-electron chi connectivity index (χ4n) is 3.91. The zero-order valence-corrected chi connectivity index (χ0v) is 18.3. The van der Waals surface area contributed by atoms with Gasteiger partial charge in [0, 0.05) is 0 Å². The number of rotatable bonds is 15. The van der Waals surface area contributed by atoms with Crippen molar-refractivity contribution in [2.24, 2.45) is 17.8 Å². The van der Waals surface area contributed by atoms with Gasteiger partial charge < -0.3 is 14.6 Å². The zero-order chi connectivity index (χ0) is 21.5. The van der Waals surface area contributed by atoms with Gasteiger partial charge in [-0.05, 0) is 32.1 Å². The fourth-order valence-corrected chi connectivity index (χ4v) is 3.91. The van der Waals surface area contributed by atoms with Crippen molar-refractivity contribution in [3.63, 3.8) is 0 Å². The molecule has 29 heavy (non-hydrogen) atoms. The second kappa shape index (κ2) is 15.3. The molecule has 6 heteroatoms. The summed E-state index contributed by atoms with van der Waals surface area (Å²) in [5, 5.41) is 9.34. The normalized spacial score (nSPS) is 21.5. The molecular formula is C23H40O6. The third-order valence-electron chi connectivity index (χ3n) is 5.79. The van der Waals surface area contributed by atoms with Gasteiger partial charge in [-0.1, -0.05) is 65.2 Å². The Labute approximate surface area is 175 Å². The lowest BCUT2D eigenvalue weighted by atomic mass is 9.74. The average Bonchev–Trinajstić information content (AvgIpc) is 2.72. The quantitative estimate of drug-likeness (QED) is 0.296. The van der Waals surface area contributed by atoms with Crippen LogP contribution < -0.4 is 0 Å². The molecule has 3 atom stereocenters. The van der Waals surface area contributed by atoms with E-state index in [1.54, 1.807) is 0 Å². The first-order valence-corrected chi connectivity index (χ1v) is 11.6. The Morgan fingerprint density at radius 3 is 1.69 bits per heavy atom. The summed E-state index contributed by atoms with van der Waals surface area (Å²) >= 11 is 0. The third kappa shape index (κ3) is 10.1. The van der Waals surface area contributed by atoms with Crippen LogP contribution in [0.1, 0.15) is 97.3 Å². The molecule has 0 aromatic rings. The van der Waals surface area contributed by atoms with Crippen LogP contribution in [0.5, 0.6) is 0 Å². The van der Waals surface area contributed by atoms with Gasteiger partial charge in [0.25, 0.3) is 0 Å². The molecule has 1 rings (SSSR count). The number of hydrogen-bond donors (Lipinski definition) is 1. The highest BCUT2D eigenvalue weighted by Crippen LogP contribution is 2.36. The van der Waals surface area contributed by atoms with E-state index in [9.17, 15) is 19.5 Å². The van der Waals surface area contributed by atoms with E-state index in [1.165, 1.54) is 12.8 Å². The van der Waals surface area contributed by atoms with E-state index in [0.717, 1.165) is 51.4 Å².